The van der Waals surface area contributed by atoms with E-state index in [1.54, 1.807) is 29.2 Å². The van der Waals surface area contributed by atoms with E-state index < -0.39 is 9.84 Å². The van der Waals surface area contributed by atoms with Crippen LogP contribution in [-0.4, -0.2) is 76.8 Å². The molecule has 0 spiro atoms. The summed E-state index contributed by atoms with van der Waals surface area (Å²) in [5.41, 5.74) is 0.722. The molecule has 0 atom stereocenters. The predicted molar refractivity (Wildman–Crippen MR) is 110 cm³/mol. The Balaban J connectivity index is 1.43. The van der Waals surface area contributed by atoms with Crippen LogP contribution in [0, 0.1) is 5.82 Å². The van der Waals surface area contributed by atoms with Crippen molar-refractivity contribution < 1.29 is 17.6 Å². The molecule has 0 aliphatic carbocycles. The van der Waals surface area contributed by atoms with Crippen LogP contribution in [0.1, 0.15) is 16.2 Å². The Hall–Kier alpha value is -3.18. The summed E-state index contributed by atoms with van der Waals surface area (Å²) in [6, 6.07) is 12.3. The topological polar surface area (TPSA) is 101 Å². The Morgan fingerprint density at radius 3 is 2.52 bits per heavy atom. The first-order valence-corrected chi connectivity index (χ1v) is 11.6. The number of amides is 1. The van der Waals surface area contributed by atoms with Gasteiger partial charge in [-0.15, -0.1) is 5.10 Å². The van der Waals surface area contributed by atoms with E-state index in [1.165, 1.54) is 28.9 Å². The van der Waals surface area contributed by atoms with Gasteiger partial charge in [0.1, 0.15) is 5.82 Å². The smallest absolute Gasteiger partial charge is 0.255 e. The number of rotatable bonds is 5. The molecule has 4 rings (SSSR count). The Morgan fingerprint density at radius 2 is 1.81 bits per heavy atom. The summed E-state index contributed by atoms with van der Waals surface area (Å²) in [6.45, 7) is 2.47. The minimum atomic E-state index is -3.51. The third-order valence-corrected chi connectivity index (χ3v) is 6.28. The van der Waals surface area contributed by atoms with E-state index in [2.05, 4.69) is 20.4 Å². The van der Waals surface area contributed by atoms with Crippen molar-refractivity contribution in [3.8, 4) is 5.69 Å². The molecule has 1 aromatic heterocycles. The number of tetrazole rings is 1. The standard InChI is InChI=1S/C20H21FN6O3S/c1-31(29,30)18-8-3-2-7-17(18)20(28)26-11-9-25(10-12-26)14-19-22-23-24-27(19)16-6-4-5-15(21)13-16/h2-8,13H,9-12,14H2,1H3. The second kappa shape index (κ2) is 8.52. The number of nitrogens with zero attached hydrogens (tertiary/aromatic N) is 6. The fourth-order valence-electron chi connectivity index (χ4n) is 3.56. The van der Waals surface area contributed by atoms with Gasteiger partial charge in [-0.2, -0.15) is 4.68 Å². The number of carbonyl (C=O) groups excluding carboxylic acids is 1. The van der Waals surface area contributed by atoms with Crippen molar-refractivity contribution in [3.05, 3.63) is 65.7 Å². The van der Waals surface area contributed by atoms with Gasteiger partial charge < -0.3 is 4.90 Å². The molecule has 2 aromatic carbocycles. The molecule has 1 aliphatic rings. The Labute approximate surface area is 179 Å². The number of hydrogen-bond acceptors (Lipinski definition) is 7. The molecule has 1 aliphatic heterocycles. The fraction of sp³-hybridized carbons (Fsp3) is 0.300. The number of carbonyl (C=O) groups is 1. The number of piperazine rings is 1. The summed E-state index contributed by atoms with van der Waals surface area (Å²) in [6.07, 6.45) is 1.10. The average molecular weight is 444 g/mol. The summed E-state index contributed by atoms with van der Waals surface area (Å²) in [5, 5.41) is 11.7. The van der Waals surface area contributed by atoms with Gasteiger partial charge in [0.25, 0.3) is 5.91 Å². The second-order valence-corrected chi connectivity index (χ2v) is 9.31. The molecule has 2 heterocycles. The Kier molecular flexibility index (Phi) is 5.79. The van der Waals surface area contributed by atoms with Gasteiger partial charge in [-0.05, 0) is 40.8 Å². The highest BCUT2D eigenvalue weighted by molar-refractivity contribution is 7.90. The molecule has 0 bridgehead atoms. The van der Waals surface area contributed by atoms with Crippen molar-refractivity contribution in [2.24, 2.45) is 0 Å². The molecule has 9 nitrogen and oxygen atoms in total. The van der Waals surface area contributed by atoms with Crippen LogP contribution in [0.2, 0.25) is 0 Å². The van der Waals surface area contributed by atoms with E-state index in [0.29, 0.717) is 44.2 Å². The maximum Gasteiger partial charge on any atom is 0.255 e. The molecule has 0 N–H and O–H groups in total. The summed E-state index contributed by atoms with van der Waals surface area (Å²) in [5.74, 6) is -0.112. The lowest BCUT2D eigenvalue weighted by Crippen LogP contribution is -2.48. The largest absolute Gasteiger partial charge is 0.336 e. The zero-order valence-electron chi connectivity index (χ0n) is 16.8. The molecular formula is C20H21FN6O3S. The van der Waals surface area contributed by atoms with Gasteiger partial charge in [0.2, 0.25) is 0 Å². The third kappa shape index (κ3) is 4.62. The first kappa shape index (κ1) is 21.1. The highest BCUT2D eigenvalue weighted by Gasteiger charge is 2.27. The molecule has 11 heteroatoms. The molecule has 1 amide bonds. The zero-order chi connectivity index (χ0) is 22.0. The molecule has 3 aromatic rings. The van der Waals surface area contributed by atoms with Gasteiger partial charge in [0.05, 0.1) is 22.7 Å². The van der Waals surface area contributed by atoms with Crippen molar-refractivity contribution in [1.29, 1.82) is 0 Å². The van der Waals surface area contributed by atoms with Crippen molar-refractivity contribution in [2.45, 2.75) is 11.4 Å². The van der Waals surface area contributed by atoms with Gasteiger partial charge >= 0.3 is 0 Å². The molecule has 1 saturated heterocycles. The maximum atomic E-state index is 13.5. The van der Waals surface area contributed by atoms with Gasteiger partial charge in [-0.1, -0.05) is 18.2 Å². The number of sulfone groups is 1. The molecule has 0 saturated carbocycles. The predicted octanol–water partition coefficient (Wildman–Crippen LogP) is 1.16. The van der Waals surface area contributed by atoms with E-state index in [0.717, 1.165) is 6.26 Å². The first-order valence-electron chi connectivity index (χ1n) is 9.67. The van der Waals surface area contributed by atoms with Crippen molar-refractivity contribution in [2.75, 3.05) is 32.4 Å². The summed E-state index contributed by atoms with van der Waals surface area (Å²) < 4.78 is 39.1. The van der Waals surface area contributed by atoms with Crippen LogP contribution in [-0.2, 0) is 16.4 Å². The molecule has 162 valence electrons. The van der Waals surface area contributed by atoms with E-state index in [1.807, 2.05) is 0 Å². The highest BCUT2D eigenvalue weighted by atomic mass is 32.2. The van der Waals surface area contributed by atoms with E-state index in [4.69, 9.17) is 0 Å². The summed E-state index contributed by atoms with van der Waals surface area (Å²) >= 11 is 0. The molecule has 0 unspecified atom stereocenters. The minimum absolute atomic E-state index is 0.0386. The molecule has 31 heavy (non-hydrogen) atoms. The van der Waals surface area contributed by atoms with E-state index >= 15 is 0 Å². The molecule has 1 fully saturated rings. The van der Waals surface area contributed by atoms with Gasteiger partial charge in [-0.25, -0.2) is 12.8 Å². The Morgan fingerprint density at radius 1 is 1.06 bits per heavy atom. The van der Waals surface area contributed by atoms with Crippen molar-refractivity contribution >= 4 is 15.7 Å². The van der Waals surface area contributed by atoms with Crippen LogP contribution >= 0.6 is 0 Å². The maximum absolute atomic E-state index is 13.5. The summed E-state index contributed by atoms with van der Waals surface area (Å²) in [4.78, 5) is 16.7. The van der Waals surface area contributed by atoms with E-state index in [9.17, 15) is 17.6 Å². The van der Waals surface area contributed by atoms with Crippen LogP contribution in [0.3, 0.4) is 0 Å². The van der Waals surface area contributed by atoms with Gasteiger partial charge in [-0.3, -0.25) is 9.69 Å². The lowest BCUT2D eigenvalue weighted by atomic mass is 10.2. The number of hydrogen-bond donors (Lipinski definition) is 0. The molecular weight excluding hydrogens is 423 g/mol. The normalized spacial score (nSPS) is 15.2. The number of benzene rings is 2. The molecule has 0 radical (unpaired) electrons. The minimum Gasteiger partial charge on any atom is -0.336 e. The van der Waals surface area contributed by atoms with Gasteiger partial charge in [0.15, 0.2) is 15.7 Å². The third-order valence-electron chi connectivity index (χ3n) is 5.13. The number of aromatic nitrogens is 4. The average Bonchev–Trinajstić information content (AvgIpc) is 3.21. The SMILES string of the molecule is CS(=O)(=O)c1ccccc1C(=O)N1CCN(Cc2nnnn2-c2cccc(F)c2)CC1. The highest BCUT2D eigenvalue weighted by Crippen LogP contribution is 2.19. The lowest BCUT2D eigenvalue weighted by Gasteiger charge is -2.34. The van der Waals surface area contributed by atoms with Gasteiger partial charge in [0, 0.05) is 32.4 Å². The lowest BCUT2D eigenvalue weighted by molar-refractivity contribution is 0.0620. The Bertz CT molecular complexity index is 1200. The van der Waals surface area contributed by atoms with Crippen molar-refractivity contribution in [3.63, 3.8) is 0 Å². The van der Waals surface area contributed by atoms with Crippen LogP contribution in [0.5, 0.6) is 0 Å². The van der Waals surface area contributed by atoms with Crippen LogP contribution < -0.4 is 0 Å². The van der Waals surface area contributed by atoms with Crippen LogP contribution in [0.15, 0.2) is 53.4 Å². The first-order chi connectivity index (χ1) is 14.8. The van der Waals surface area contributed by atoms with Crippen molar-refractivity contribution in [1.82, 2.24) is 30.0 Å². The van der Waals surface area contributed by atoms with Crippen LogP contribution in [0.25, 0.3) is 5.69 Å². The quantitative estimate of drug-likeness (QED) is 0.582. The zero-order valence-corrected chi connectivity index (χ0v) is 17.7. The monoisotopic (exact) mass is 444 g/mol. The summed E-state index contributed by atoms with van der Waals surface area (Å²) in [7, 11) is -3.51. The van der Waals surface area contributed by atoms with Crippen LogP contribution in [0.4, 0.5) is 4.39 Å². The van der Waals surface area contributed by atoms with E-state index in [-0.39, 0.29) is 22.2 Å². The fourth-order valence-corrected chi connectivity index (χ4v) is 4.44. The second-order valence-electron chi connectivity index (χ2n) is 7.32. The number of halogens is 1.